The Labute approximate surface area is 92.7 Å². The smallest absolute Gasteiger partial charge is 0.245 e. The quantitative estimate of drug-likeness (QED) is 0.632. The van der Waals surface area contributed by atoms with Crippen LogP contribution in [0.25, 0.3) is 0 Å². The van der Waals surface area contributed by atoms with Crippen molar-refractivity contribution in [3.8, 4) is 0 Å². The van der Waals surface area contributed by atoms with Crippen molar-refractivity contribution in [2.45, 2.75) is 46.9 Å². The van der Waals surface area contributed by atoms with E-state index in [2.05, 4.69) is 48.6 Å². The fraction of sp³-hybridized carbons (Fsp3) is 0.750. The third kappa shape index (κ3) is 4.04. The second kappa shape index (κ2) is 6.62. The molecule has 0 atom stereocenters. The minimum absolute atomic E-state index is 0.670. The van der Waals surface area contributed by atoms with Crippen molar-refractivity contribution in [2.75, 3.05) is 6.61 Å². The van der Waals surface area contributed by atoms with Crippen LogP contribution in [0.4, 0.5) is 0 Å². The number of rotatable bonds is 7. The van der Waals surface area contributed by atoms with Gasteiger partial charge in [0.05, 0.1) is 13.2 Å². The van der Waals surface area contributed by atoms with Crippen LogP contribution in [-0.4, -0.2) is 11.2 Å². The summed E-state index contributed by atoms with van der Waals surface area (Å²) in [5, 5.41) is 0. The molecule has 0 fully saturated rings. The Morgan fingerprint density at radius 2 is 2.00 bits per heavy atom. The standard InChI is InChI=1S/C12H23N2O/c1-4-12(5-2)9-15-11-14-8-7-13(6-3)10-14/h7-8,10,12H,4-6,9,11H2,1-3H3/q+1. The first-order valence-electron chi connectivity index (χ1n) is 5.92. The SMILES string of the molecule is CCC(CC)COC[n+]1ccn(CC)c1. The molecule has 15 heavy (non-hydrogen) atoms. The van der Waals surface area contributed by atoms with Crippen LogP contribution in [-0.2, 0) is 18.0 Å². The highest BCUT2D eigenvalue weighted by Crippen LogP contribution is 2.06. The maximum absolute atomic E-state index is 5.67. The van der Waals surface area contributed by atoms with Gasteiger partial charge in [-0.05, 0) is 12.8 Å². The first kappa shape index (κ1) is 12.2. The number of aromatic nitrogens is 2. The average Bonchev–Trinajstić information content (AvgIpc) is 2.72. The molecule has 0 unspecified atom stereocenters. The number of ether oxygens (including phenoxy) is 1. The summed E-state index contributed by atoms with van der Waals surface area (Å²) in [5.74, 6) is 0.707. The molecule has 0 aromatic carbocycles. The summed E-state index contributed by atoms with van der Waals surface area (Å²) in [6, 6.07) is 0. The number of nitrogens with zero attached hydrogens (tertiary/aromatic N) is 2. The number of imidazole rings is 1. The molecule has 1 rings (SSSR count). The molecule has 1 aromatic rings. The van der Waals surface area contributed by atoms with Crippen LogP contribution in [0.1, 0.15) is 33.6 Å². The Morgan fingerprint density at radius 1 is 1.27 bits per heavy atom. The van der Waals surface area contributed by atoms with Gasteiger partial charge in [-0.1, -0.05) is 26.7 Å². The van der Waals surface area contributed by atoms with E-state index in [1.54, 1.807) is 0 Å². The van der Waals surface area contributed by atoms with Gasteiger partial charge in [0.1, 0.15) is 12.4 Å². The summed E-state index contributed by atoms with van der Waals surface area (Å²) in [7, 11) is 0. The summed E-state index contributed by atoms with van der Waals surface area (Å²) >= 11 is 0. The van der Waals surface area contributed by atoms with Gasteiger partial charge in [0.25, 0.3) is 0 Å². The van der Waals surface area contributed by atoms with E-state index in [0.717, 1.165) is 13.2 Å². The predicted molar refractivity (Wildman–Crippen MR) is 60.3 cm³/mol. The summed E-state index contributed by atoms with van der Waals surface area (Å²) in [6.45, 7) is 9.13. The molecule has 0 amide bonds. The van der Waals surface area contributed by atoms with Crippen molar-refractivity contribution in [3.63, 3.8) is 0 Å². The van der Waals surface area contributed by atoms with Crippen molar-refractivity contribution >= 4 is 0 Å². The van der Waals surface area contributed by atoms with E-state index >= 15 is 0 Å². The van der Waals surface area contributed by atoms with E-state index in [4.69, 9.17) is 4.74 Å². The van der Waals surface area contributed by atoms with Crippen molar-refractivity contribution in [3.05, 3.63) is 18.7 Å². The van der Waals surface area contributed by atoms with Gasteiger partial charge < -0.3 is 4.74 Å². The third-order valence-corrected chi connectivity index (χ3v) is 2.86. The van der Waals surface area contributed by atoms with Crippen LogP contribution in [0.3, 0.4) is 0 Å². The Balaban J connectivity index is 2.25. The molecule has 86 valence electrons. The first-order chi connectivity index (χ1) is 7.30. The van der Waals surface area contributed by atoms with Crippen LogP contribution < -0.4 is 4.57 Å². The topological polar surface area (TPSA) is 18.0 Å². The zero-order valence-electron chi connectivity index (χ0n) is 10.1. The zero-order chi connectivity index (χ0) is 11.1. The van der Waals surface area contributed by atoms with Gasteiger partial charge in [-0.15, -0.1) is 0 Å². The minimum atomic E-state index is 0.670. The fourth-order valence-electron chi connectivity index (χ4n) is 1.55. The lowest BCUT2D eigenvalue weighted by Crippen LogP contribution is -2.33. The molecule has 0 aliphatic rings. The molecule has 0 radical (unpaired) electrons. The highest BCUT2D eigenvalue weighted by molar-refractivity contribution is 4.64. The lowest BCUT2D eigenvalue weighted by molar-refractivity contribution is -0.732. The van der Waals surface area contributed by atoms with Gasteiger partial charge in [0, 0.05) is 0 Å². The van der Waals surface area contributed by atoms with Crippen molar-refractivity contribution in [2.24, 2.45) is 5.92 Å². The van der Waals surface area contributed by atoms with Crippen molar-refractivity contribution in [1.29, 1.82) is 0 Å². The normalized spacial score (nSPS) is 11.2. The van der Waals surface area contributed by atoms with Gasteiger partial charge in [-0.2, -0.15) is 0 Å². The van der Waals surface area contributed by atoms with Gasteiger partial charge >= 0.3 is 0 Å². The van der Waals surface area contributed by atoms with E-state index in [-0.39, 0.29) is 0 Å². The molecule has 0 aliphatic heterocycles. The second-order valence-corrected chi connectivity index (χ2v) is 3.94. The van der Waals surface area contributed by atoms with E-state index in [0.29, 0.717) is 12.6 Å². The summed E-state index contributed by atoms with van der Waals surface area (Å²) < 4.78 is 9.89. The minimum Gasteiger partial charge on any atom is -0.341 e. The Hall–Kier alpha value is -0.830. The molecule has 3 nitrogen and oxygen atoms in total. The lowest BCUT2D eigenvalue weighted by atomic mass is 10.1. The van der Waals surface area contributed by atoms with Gasteiger partial charge in [0.2, 0.25) is 6.33 Å². The number of hydrogen-bond donors (Lipinski definition) is 0. The molecule has 0 N–H and O–H groups in total. The number of aryl methyl sites for hydroxylation is 1. The molecule has 0 saturated heterocycles. The molecule has 0 bridgehead atoms. The molecular weight excluding hydrogens is 188 g/mol. The summed E-state index contributed by atoms with van der Waals surface area (Å²) in [6.07, 6.45) is 8.61. The lowest BCUT2D eigenvalue weighted by Gasteiger charge is -2.10. The molecule has 1 aromatic heterocycles. The Morgan fingerprint density at radius 3 is 2.53 bits per heavy atom. The Bertz CT molecular complexity index is 266. The first-order valence-corrected chi connectivity index (χ1v) is 5.92. The van der Waals surface area contributed by atoms with Gasteiger partial charge in [-0.25, -0.2) is 9.13 Å². The number of hydrogen-bond acceptors (Lipinski definition) is 1. The predicted octanol–water partition coefficient (Wildman–Crippen LogP) is 2.21. The molecule has 3 heteroatoms. The van der Waals surface area contributed by atoms with Gasteiger partial charge in [0.15, 0.2) is 6.73 Å². The van der Waals surface area contributed by atoms with E-state index in [1.165, 1.54) is 12.8 Å². The average molecular weight is 211 g/mol. The highest BCUT2D eigenvalue weighted by atomic mass is 16.5. The van der Waals surface area contributed by atoms with E-state index in [9.17, 15) is 0 Å². The third-order valence-electron chi connectivity index (χ3n) is 2.86. The van der Waals surface area contributed by atoms with Gasteiger partial charge in [-0.3, -0.25) is 0 Å². The largest absolute Gasteiger partial charge is 0.341 e. The van der Waals surface area contributed by atoms with Crippen LogP contribution >= 0.6 is 0 Å². The zero-order valence-corrected chi connectivity index (χ0v) is 10.1. The molecule has 0 aliphatic carbocycles. The fourth-order valence-corrected chi connectivity index (χ4v) is 1.55. The van der Waals surface area contributed by atoms with Crippen molar-refractivity contribution in [1.82, 2.24) is 4.57 Å². The summed E-state index contributed by atoms with van der Waals surface area (Å²) in [5.41, 5.74) is 0. The second-order valence-electron chi connectivity index (χ2n) is 3.94. The van der Waals surface area contributed by atoms with Crippen LogP contribution in [0.2, 0.25) is 0 Å². The van der Waals surface area contributed by atoms with Crippen LogP contribution in [0, 0.1) is 5.92 Å². The monoisotopic (exact) mass is 211 g/mol. The van der Waals surface area contributed by atoms with Crippen LogP contribution in [0.5, 0.6) is 0 Å². The van der Waals surface area contributed by atoms with E-state index in [1.807, 2.05) is 0 Å². The highest BCUT2D eigenvalue weighted by Gasteiger charge is 2.05. The van der Waals surface area contributed by atoms with Crippen LogP contribution in [0.15, 0.2) is 18.7 Å². The molecule has 1 heterocycles. The molecular formula is C12H23N2O+. The maximum Gasteiger partial charge on any atom is 0.245 e. The maximum atomic E-state index is 5.67. The summed E-state index contributed by atoms with van der Waals surface area (Å²) in [4.78, 5) is 0. The Kier molecular flexibility index (Phi) is 5.40. The molecule has 0 spiro atoms. The van der Waals surface area contributed by atoms with Crippen molar-refractivity contribution < 1.29 is 9.30 Å². The molecule has 0 saturated carbocycles. The van der Waals surface area contributed by atoms with E-state index < -0.39 is 0 Å².